The molecule has 0 aromatic heterocycles. The molecule has 2 heterocycles. The Labute approximate surface area is 259 Å². The standard InChI is InChI=1S/C31H35BINO8/c1-4-17(10-18-11-24(33)29(35)26(12-18)41-3)8-9-25-27-19(15-40-2)13-22-28(23(27)16-42-25)31(37)34(30(22)36)21-7-5-6-20(14-21)32(38)39/h5-7,10-12,14,22-23,25,28,35,38-39H,4,8-9,13,15-16H2,1-3H3/b17-10+/t22-,23+,25-,28-/m1/s1. The van der Waals surface area contributed by atoms with Gasteiger partial charge in [0.05, 0.1) is 47.5 Å². The lowest BCUT2D eigenvalue weighted by molar-refractivity contribution is -0.122. The second kappa shape index (κ2) is 12.9. The third-order valence-electron chi connectivity index (χ3n) is 8.58. The molecule has 3 N–H and O–H groups in total. The number of phenolic OH excluding ortho intramolecular Hbond substituents is 1. The van der Waals surface area contributed by atoms with Gasteiger partial charge in [0.15, 0.2) is 11.5 Å². The fourth-order valence-corrected chi connectivity index (χ4v) is 7.22. The number of rotatable bonds is 10. The van der Waals surface area contributed by atoms with Gasteiger partial charge >= 0.3 is 7.12 Å². The van der Waals surface area contributed by atoms with E-state index in [0.717, 1.165) is 36.0 Å². The number of imide groups is 1. The summed E-state index contributed by atoms with van der Waals surface area (Å²) in [7, 11) is 1.46. The van der Waals surface area contributed by atoms with E-state index in [9.17, 15) is 24.7 Å². The first-order chi connectivity index (χ1) is 20.2. The smallest absolute Gasteiger partial charge is 0.488 e. The van der Waals surface area contributed by atoms with Gasteiger partial charge in [-0.3, -0.25) is 14.5 Å². The van der Waals surface area contributed by atoms with Gasteiger partial charge in [0.2, 0.25) is 11.8 Å². The van der Waals surface area contributed by atoms with Crippen LogP contribution >= 0.6 is 22.6 Å². The molecule has 5 rings (SSSR count). The number of benzene rings is 2. The lowest BCUT2D eigenvalue weighted by Crippen LogP contribution is -2.36. The number of nitrogens with zero attached hydrogens (tertiary/aromatic N) is 1. The summed E-state index contributed by atoms with van der Waals surface area (Å²) in [5.74, 6) is -1.26. The molecule has 3 aliphatic rings. The zero-order valence-corrected chi connectivity index (χ0v) is 26.0. The third-order valence-corrected chi connectivity index (χ3v) is 9.40. The van der Waals surface area contributed by atoms with Gasteiger partial charge in [-0.25, -0.2) is 0 Å². The molecule has 2 aliphatic heterocycles. The fourth-order valence-electron chi connectivity index (χ4n) is 6.59. The molecule has 2 amide bonds. The molecule has 2 fully saturated rings. The van der Waals surface area contributed by atoms with Crippen molar-refractivity contribution in [3.63, 3.8) is 0 Å². The fraction of sp³-hybridized carbons (Fsp3) is 0.419. The van der Waals surface area contributed by atoms with Crippen molar-refractivity contribution < 1.29 is 39.0 Å². The van der Waals surface area contributed by atoms with Gasteiger partial charge in [-0.15, -0.1) is 0 Å². The third kappa shape index (κ3) is 5.77. The van der Waals surface area contributed by atoms with Gasteiger partial charge in [-0.1, -0.05) is 30.7 Å². The molecule has 0 saturated carbocycles. The molecule has 4 atom stereocenters. The molecule has 42 heavy (non-hydrogen) atoms. The number of allylic oxidation sites excluding steroid dienone is 1. The summed E-state index contributed by atoms with van der Waals surface area (Å²) < 4.78 is 17.9. The van der Waals surface area contributed by atoms with Crippen molar-refractivity contribution in [2.24, 2.45) is 17.8 Å². The number of phenols is 1. The number of ether oxygens (including phenoxy) is 3. The molecule has 2 saturated heterocycles. The van der Waals surface area contributed by atoms with E-state index in [2.05, 4.69) is 35.6 Å². The van der Waals surface area contributed by atoms with Crippen molar-refractivity contribution in [3.05, 3.63) is 62.3 Å². The van der Waals surface area contributed by atoms with Gasteiger partial charge < -0.3 is 29.4 Å². The van der Waals surface area contributed by atoms with Gasteiger partial charge in [-0.05, 0) is 94.7 Å². The van der Waals surface area contributed by atoms with E-state index in [0.29, 0.717) is 34.6 Å². The van der Waals surface area contributed by atoms with Crippen LogP contribution in [0.5, 0.6) is 11.5 Å². The minimum absolute atomic E-state index is 0.129. The zero-order chi connectivity index (χ0) is 30.1. The maximum atomic E-state index is 13.8. The number of amides is 2. The van der Waals surface area contributed by atoms with Crippen molar-refractivity contribution in [2.75, 3.05) is 32.3 Å². The number of carbonyl (C=O) groups is 2. The van der Waals surface area contributed by atoms with Crippen molar-refractivity contribution in [1.82, 2.24) is 0 Å². The van der Waals surface area contributed by atoms with E-state index in [-0.39, 0.29) is 35.0 Å². The van der Waals surface area contributed by atoms with E-state index < -0.39 is 19.0 Å². The molecular formula is C31H35BINO8. The molecule has 2 aromatic carbocycles. The number of anilines is 1. The predicted octanol–water partition coefficient (Wildman–Crippen LogP) is 3.43. The summed E-state index contributed by atoms with van der Waals surface area (Å²) in [5.41, 5.74) is 4.83. The van der Waals surface area contributed by atoms with Crippen molar-refractivity contribution in [2.45, 2.75) is 38.7 Å². The number of hydrogen-bond donors (Lipinski definition) is 3. The number of halogens is 1. The minimum atomic E-state index is -1.70. The summed E-state index contributed by atoms with van der Waals surface area (Å²) in [6, 6.07) is 9.99. The molecule has 0 radical (unpaired) electrons. The molecule has 0 bridgehead atoms. The van der Waals surface area contributed by atoms with Crippen LogP contribution in [0.3, 0.4) is 0 Å². The largest absolute Gasteiger partial charge is 0.504 e. The first-order valence-corrected chi connectivity index (χ1v) is 15.2. The molecule has 0 spiro atoms. The Morgan fingerprint density at radius 2 is 1.95 bits per heavy atom. The highest BCUT2D eigenvalue weighted by Crippen LogP contribution is 2.50. The van der Waals surface area contributed by atoms with Gasteiger partial charge in [0.25, 0.3) is 0 Å². The topological polar surface area (TPSA) is 126 Å². The number of aromatic hydroxyl groups is 1. The lowest BCUT2D eigenvalue weighted by Gasteiger charge is -2.31. The lowest BCUT2D eigenvalue weighted by atomic mass is 9.69. The first-order valence-electron chi connectivity index (χ1n) is 14.1. The summed E-state index contributed by atoms with van der Waals surface area (Å²) >= 11 is 2.09. The number of methoxy groups -OCH3 is 2. The van der Waals surface area contributed by atoms with Crippen molar-refractivity contribution >= 4 is 58.7 Å². The SMILES string of the molecule is CC/C(=C\c1cc(I)c(O)c(OC)c1)CC[C@H]1OC[C@H]2C1=C(COC)C[C@H]1C(=O)N(c3cccc(B(O)O)c3)C(=O)[C@H]12. The highest BCUT2D eigenvalue weighted by atomic mass is 127. The van der Waals surface area contributed by atoms with Crippen LogP contribution < -0.4 is 15.1 Å². The number of hydrogen-bond acceptors (Lipinski definition) is 8. The second-order valence-electron chi connectivity index (χ2n) is 11.0. The van der Waals surface area contributed by atoms with Crippen LogP contribution in [0.1, 0.15) is 38.2 Å². The molecular weight excluding hydrogens is 652 g/mol. The normalized spacial score (nSPS) is 23.9. The van der Waals surface area contributed by atoms with Crippen molar-refractivity contribution in [3.8, 4) is 11.5 Å². The molecule has 0 unspecified atom stereocenters. The van der Waals surface area contributed by atoms with Gasteiger partial charge in [-0.2, -0.15) is 0 Å². The molecule has 2 aromatic rings. The molecule has 1 aliphatic carbocycles. The van der Waals surface area contributed by atoms with E-state index in [4.69, 9.17) is 14.2 Å². The first kappa shape index (κ1) is 30.7. The highest BCUT2D eigenvalue weighted by Gasteiger charge is 2.57. The molecule has 222 valence electrons. The molecule has 9 nitrogen and oxygen atoms in total. The van der Waals surface area contributed by atoms with Crippen LogP contribution in [0.4, 0.5) is 5.69 Å². The van der Waals surface area contributed by atoms with Crippen LogP contribution in [0.2, 0.25) is 0 Å². The summed E-state index contributed by atoms with van der Waals surface area (Å²) in [6.07, 6.45) is 4.71. The van der Waals surface area contributed by atoms with Crippen molar-refractivity contribution in [1.29, 1.82) is 0 Å². The van der Waals surface area contributed by atoms with E-state index in [1.54, 1.807) is 19.2 Å². The zero-order valence-electron chi connectivity index (χ0n) is 23.9. The second-order valence-corrected chi connectivity index (χ2v) is 12.1. The van der Waals surface area contributed by atoms with Crippen LogP contribution in [-0.2, 0) is 19.1 Å². The van der Waals surface area contributed by atoms with E-state index in [1.165, 1.54) is 29.7 Å². The Balaban J connectivity index is 1.38. The minimum Gasteiger partial charge on any atom is -0.504 e. The Morgan fingerprint density at radius 3 is 2.64 bits per heavy atom. The number of carbonyl (C=O) groups excluding carboxylic acids is 2. The average molecular weight is 687 g/mol. The summed E-state index contributed by atoms with van der Waals surface area (Å²) in [4.78, 5) is 28.6. The van der Waals surface area contributed by atoms with Crippen LogP contribution in [-0.4, -0.2) is 67.6 Å². The predicted molar refractivity (Wildman–Crippen MR) is 167 cm³/mol. The monoisotopic (exact) mass is 687 g/mol. The maximum Gasteiger partial charge on any atom is 0.488 e. The van der Waals surface area contributed by atoms with Crippen LogP contribution in [0.15, 0.2) is 53.1 Å². The quantitative estimate of drug-likeness (QED) is 0.150. The Morgan fingerprint density at radius 1 is 1.17 bits per heavy atom. The Hall–Kier alpha value is -2.71. The number of fused-ring (bicyclic) bond motifs is 3. The summed E-state index contributed by atoms with van der Waals surface area (Å²) in [6.45, 7) is 2.83. The Kier molecular flexibility index (Phi) is 9.43. The average Bonchev–Trinajstić information content (AvgIpc) is 3.51. The molecule has 11 heteroatoms. The summed E-state index contributed by atoms with van der Waals surface area (Å²) in [5, 5.41) is 29.4. The maximum absolute atomic E-state index is 13.8. The Bertz CT molecular complexity index is 1440. The van der Waals surface area contributed by atoms with Gasteiger partial charge in [0.1, 0.15) is 0 Å². The van der Waals surface area contributed by atoms with Gasteiger partial charge in [0, 0.05) is 13.0 Å². The van der Waals surface area contributed by atoms with E-state index >= 15 is 0 Å². The van der Waals surface area contributed by atoms with Crippen LogP contribution in [0.25, 0.3) is 6.08 Å². The highest BCUT2D eigenvalue weighted by molar-refractivity contribution is 14.1. The van der Waals surface area contributed by atoms with E-state index in [1.807, 2.05) is 12.1 Å². The van der Waals surface area contributed by atoms with Crippen LogP contribution in [0, 0.1) is 21.3 Å².